The Balaban J connectivity index is 2.03. The summed E-state index contributed by atoms with van der Waals surface area (Å²) in [6.07, 6.45) is 0. The Labute approximate surface area is 168 Å². The summed E-state index contributed by atoms with van der Waals surface area (Å²) >= 11 is 0. The van der Waals surface area contributed by atoms with E-state index in [2.05, 4.69) is 5.32 Å². The Morgan fingerprint density at radius 1 is 1.17 bits per heavy atom. The first-order valence-electron chi connectivity index (χ1n) is 9.39. The zero-order chi connectivity index (χ0) is 20.5. The van der Waals surface area contributed by atoms with Gasteiger partial charge in [0.25, 0.3) is 0 Å². The summed E-state index contributed by atoms with van der Waals surface area (Å²) in [4.78, 5) is 17.6. The number of nitrogens with one attached hydrogen (secondary N) is 1. The fourth-order valence-electron chi connectivity index (χ4n) is 3.52. The van der Waals surface area contributed by atoms with Crippen LogP contribution in [0.3, 0.4) is 0 Å². The van der Waals surface area contributed by atoms with Crippen molar-refractivity contribution >= 4 is 17.5 Å². The van der Waals surface area contributed by atoms with E-state index < -0.39 is 5.97 Å². The highest BCUT2D eigenvalue weighted by molar-refractivity contribution is 6.00. The summed E-state index contributed by atoms with van der Waals surface area (Å²) < 4.78 is 24.7. The highest BCUT2D eigenvalue weighted by atomic mass is 19.1. The first-order chi connectivity index (χ1) is 14.0. The minimum absolute atomic E-state index is 0.0326. The van der Waals surface area contributed by atoms with E-state index in [9.17, 15) is 9.18 Å². The van der Waals surface area contributed by atoms with Crippen molar-refractivity contribution in [3.63, 3.8) is 0 Å². The average Bonchev–Trinajstić information content (AvgIpc) is 2.91. The lowest BCUT2D eigenvalue weighted by Gasteiger charge is -2.21. The fraction of sp³-hybridized carbons (Fsp3) is 0.217. The number of hydrogen-bond acceptors (Lipinski definition) is 5. The largest absolute Gasteiger partial charge is 0.487 e. The number of nitrogens with zero attached hydrogens (tertiary/aromatic N) is 1. The van der Waals surface area contributed by atoms with Crippen LogP contribution in [0.5, 0.6) is 5.75 Å². The lowest BCUT2D eigenvalue weighted by molar-refractivity contribution is 0.0599. The summed E-state index contributed by atoms with van der Waals surface area (Å²) in [5, 5.41) is 3.34. The molecule has 0 atom stereocenters. The molecule has 0 bridgehead atoms. The van der Waals surface area contributed by atoms with Crippen LogP contribution in [-0.4, -0.2) is 18.1 Å². The zero-order valence-corrected chi connectivity index (χ0v) is 16.5. The second-order valence-electron chi connectivity index (χ2n) is 7.14. The number of methoxy groups -OCH3 is 1. The van der Waals surface area contributed by atoms with Gasteiger partial charge in [0.2, 0.25) is 0 Å². The van der Waals surface area contributed by atoms with E-state index >= 15 is 0 Å². The molecule has 2 heterocycles. The van der Waals surface area contributed by atoms with Crippen LogP contribution in [0.1, 0.15) is 41.4 Å². The van der Waals surface area contributed by atoms with Gasteiger partial charge in [-0.3, -0.25) is 0 Å². The number of anilines is 2. The molecule has 0 saturated heterocycles. The lowest BCUT2D eigenvalue weighted by Crippen LogP contribution is -2.15. The van der Waals surface area contributed by atoms with Crippen molar-refractivity contribution in [2.75, 3.05) is 12.4 Å². The number of fused-ring (bicyclic) bond motifs is 2. The van der Waals surface area contributed by atoms with Crippen molar-refractivity contribution < 1.29 is 18.7 Å². The molecule has 0 amide bonds. The molecule has 3 aromatic rings. The molecule has 0 aliphatic carbocycles. The summed E-state index contributed by atoms with van der Waals surface area (Å²) in [6, 6.07) is 13.6. The van der Waals surface area contributed by atoms with Crippen LogP contribution in [0.4, 0.5) is 15.9 Å². The third-order valence-electron chi connectivity index (χ3n) is 4.91. The molecule has 1 aliphatic rings. The Kier molecular flexibility index (Phi) is 4.92. The van der Waals surface area contributed by atoms with Gasteiger partial charge in [-0.25, -0.2) is 14.2 Å². The highest BCUT2D eigenvalue weighted by Gasteiger charge is 2.29. The number of rotatable bonds is 3. The maximum Gasteiger partial charge on any atom is 0.340 e. The van der Waals surface area contributed by atoms with Crippen LogP contribution in [0.2, 0.25) is 0 Å². The van der Waals surface area contributed by atoms with Gasteiger partial charge in [0, 0.05) is 11.1 Å². The van der Waals surface area contributed by atoms with Gasteiger partial charge in [-0.2, -0.15) is 0 Å². The second kappa shape index (κ2) is 7.54. The quantitative estimate of drug-likeness (QED) is 0.602. The number of esters is 1. The molecule has 2 aromatic carbocycles. The molecule has 4 rings (SSSR count). The maximum absolute atomic E-state index is 13.6. The minimum Gasteiger partial charge on any atom is -0.487 e. The molecule has 0 fully saturated rings. The van der Waals surface area contributed by atoms with Gasteiger partial charge in [-0.1, -0.05) is 38.1 Å². The third kappa shape index (κ3) is 3.42. The van der Waals surface area contributed by atoms with Gasteiger partial charge >= 0.3 is 5.97 Å². The van der Waals surface area contributed by atoms with Gasteiger partial charge in [0.1, 0.15) is 24.0 Å². The molecule has 1 N–H and O–H groups in total. The summed E-state index contributed by atoms with van der Waals surface area (Å²) in [5.74, 6) is 0.450. The minimum atomic E-state index is -0.481. The Morgan fingerprint density at radius 2 is 1.90 bits per heavy atom. The van der Waals surface area contributed by atoms with Gasteiger partial charge in [-0.05, 0) is 35.7 Å². The topological polar surface area (TPSA) is 60.5 Å². The maximum atomic E-state index is 13.6. The number of benzene rings is 2. The second-order valence-corrected chi connectivity index (χ2v) is 7.14. The standard InChI is InChI=1S/C23H21FN2O3/c1-13(2)21-20(23(27)28-3)19(14-8-10-15(24)11-9-14)16-12-29-18-7-5-4-6-17(18)25-22(16)26-21/h4-11,13H,12H2,1-3H3,(H,25,26). The van der Waals surface area contributed by atoms with Crippen molar-refractivity contribution in [3.05, 3.63) is 71.2 Å². The number of aromatic nitrogens is 1. The van der Waals surface area contributed by atoms with E-state index in [0.717, 1.165) is 11.3 Å². The van der Waals surface area contributed by atoms with Gasteiger partial charge < -0.3 is 14.8 Å². The monoisotopic (exact) mass is 392 g/mol. The molecule has 0 unspecified atom stereocenters. The molecule has 29 heavy (non-hydrogen) atoms. The molecule has 1 aliphatic heterocycles. The zero-order valence-electron chi connectivity index (χ0n) is 16.5. The van der Waals surface area contributed by atoms with Crippen molar-refractivity contribution in [3.8, 4) is 16.9 Å². The molecule has 0 radical (unpaired) electrons. The normalized spacial score (nSPS) is 12.3. The molecular formula is C23H21FN2O3. The molecule has 1 aromatic heterocycles. The van der Waals surface area contributed by atoms with Crippen LogP contribution in [0.15, 0.2) is 48.5 Å². The average molecular weight is 392 g/mol. The number of carbonyl (C=O) groups excluding carboxylic acids is 1. The number of carbonyl (C=O) groups is 1. The van der Waals surface area contributed by atoms with E-state index in [4.69, 9.17) is 14.5 Å². The molecule has 6 heteroatoms. The molecule has 0 spiro atoms. The predicted octanol–water partition coefficient (Wildman–Crippen LogP) is 5.43. The number of halogens is 1. The van der Waals surface area contributed by atoms with Crippen LogP contribution in [0.25, 0.3) is 11.1 Å². The first kappa shape index (κ1) is 18.9. The van der Waals surface area contributed by atoms with Crippen LogP contribution < -0.4 is 10.1 Å². The van der Waals surface area contributed by atoms with Gasteiger partial charge in [0.15, 0.2) is 0 Å². The van der Waals surface area contributed by atoms with Crippen molar-refractivity contribution in [2.24, 2.45) is 0 Å². The van der Waals surface area contributed by atoms with E-state index in [-0.39, 0.29) is 18.3 Å². The van der Waals surface area contributed by atoms with Crippen LogP contribution in [0, 0.1) is 5.82 Å². The number of ether oxygens (including phenoxy) is 2. The first-order valence-corrected chi connectivity index (χ1v) is 9.39. The van der Waals surface area contributed by atoms with Crippen molar-refractivity contribution in [1.29, 1.82) is 0 Å². The van der Waals surface area contributed by atoms with Gasteiger partial charge in [0.05, 0.1) is 24.1 Å². The lowest BCUT2D eigenvalue weighted by atomic mass is 9.90. The Morgan fingerprint density at radius 3 is 2.59 bits per heavy atom. The van der Waals surface area contributed by atoms with E-state index in [1.165, 1.54) is 19.2 Å². The van der Waals surface area contributed by atoms with Crippen LogP contribution >= 0.6 is 0 Å². The van der Waals surface area contributed by atoms with E-state index in [0.29, 0.717) is 34.0 Å². The number of pyridine rings is 1. The summed E-state index contributed by atoms with van der Waals surface area (Å²) in [5.41, 5.74) is 3.85. The third-order valence-corrected chi connectivity index (χ3v) is 4.91. The highest BCUT2D eigenvalue weighted by Crippen LogP contribution is 2.41. The number of para-hydroxylation sites is 2. The van der Waals surface area contributed by atoms with Crippen molar-refractivity contribution in [1.82, 2.24) is 4.98 Å². The fourth-order valence-corrected chi connectivity index (χ4v) is 3.52. The van der Waals surface area contributed by atoms with E-state index in [1.807, 2.05) is 38.1 Å². The summed E-state index contributed by atoms with van der Waals surface area (Å²) in [7, 11) is 1.34. The van der Waals surface area contributed by atoms with E-state index in [1.54, 1.807) is 12.1 Å². The molecular weight excluding hydrogens is 371 g/mol. The Bertz CT molecular complexity index is 1080. The Hall–Kier alpha value is -3.41. The molecule has 5 nitrogen and oxygen atoms in total. The molecule has 0 saturated carbocycles. The van der Waals surface area contributed by atoms with Crippen LogP contribution in [-0.2, 0) is 11.3 Å². The predicted molar refractivity (Wildman–Crippen MR) is 109 cm³/mol. The number of hydrogen-bond donors (Lipinski definition) is 1. The molecule has 148 valence electrons. The smallest absolute Gasteiger partial charge is 0.340 e. The van der Waals surface area contributed by atoms with Crippen molar-refractivity contribution in [2.45, 2.75) is 26.4 Å². The summed E-state index contributed by atoms with van der Waals surface area (Å²) in [6.45, 7) is 4.15. The van der Waals surface area contributed by atoms with Gasteiger partial charge in [-0.15, -0.1) is 0 Å². The SMILES string of the molecule is COC(=O)c1c(C(C)C)nc2c(c1-c1ccc(F)cc1)COc1ccccc1N2.